The van der Waals surface area contributed by atoms with E-state index in [0.29, 0.717) is 18.1 Å². The second kappa shape index (κ2) is 10.1. The molecule has 0 spiro atoms. The van der Waals surface area contributed by atoms with Crippen molar-refractivity contribution < 1.29 is 18.9 Å². The highest BCUT2D eigenvalue weighted by molar-refractivity contribution is 5.72. The number of nitrogens with one attached hydrogen (secondary N) is 1. The van der Waals surface area contributed by atoms with Gasteiger partial charge in [-0.25, -0.2) is 0 Å². The van der Waals surface area contributed by atoms with Gasteiger partial charge >= 0.3 is 0 Å². The molecule has 0 saturated carbocycles. The van der Waals surface area contributed by atoms with Crippen LogP contribution in [0.5, 0.6) is 23.0 Å². The van der Waals surface area contributed by atoms with Crippen LogP contribution in [0.4, 0.5) is 0 Å². The van der Waals surface area contributed by atoms with E-state index in [1.807, 2.05) is 48.7 Å². The highest BCUT2D eigenvalue weighted by Crippen LogP contribution is 2.40. The molecule has 7 heteroatoms. The molecule has 0 fully saturated rings. The number of fused-ring (bicyclic) bond motifs is 1. The minimum absolute atomic E-state index is 0.581. The molecule has 3 aromatic carbocycles. The van der Waals surface area contributed by atoms with Crippen molar-refractivity contribution in [1.82, 2.24) is 15.1 Å². The third-order valence-electron chi connectivity index (χ3n) is 6.29. The van der Waals surface area contributed by atoms with Crippen LogP contribution in [0.15, 0.2) is 66.9 Å². The summed E-state index contributed by atoms with van der Waals surface area (Å²) in [6, 6.07) is 20.4. The van der Waals surface area contributed by atoms with E-state index >= 15 is 0 Å². The van der Waals surface area contributed by atoms with Gasteiger partial charge in [-0.1, -0.05) is 36.4 Å². The van der Waals surface area contributed by atoms with Crippen molar-refractivity contribution in [2.24, 2.45) is 0 Å². The molecule has 4 aromatic rings. The van der Waals surface area contributed by atoms with Gasteiger partial charge in [0.05, 0.1) is 33.2 Å². The normalized spacial score (nSPS) is 13.5. The number of ether oxygens (including phenoxy) is 4. The first-order valence-corrected chi connectivity index (χ1v) is 11.6. The molecule has 1 aromatic heterocycles. The lowest BCUT2D eigenvalue weighted by molar-refractivity contribution is 0.217. The van der Waals surface area contributed by atoms with Crippen molar-refractivity contribution in [3.8, 4) is 45.4 Å². The van der Waals surface area contributed by atoms with E-state index < -0.39 is 0 Å². The number of hydrogen-bond acceptors (Lipinski definition) is 6. The van der Waals surface area contributed by atoms with Crippen molar-refractivity contribution in [2.45, 2.75) is 13.1 Å². The number of rotatable bonds is 7. The fourth-order valence-electron chi connectivity index (χ4n) is 4.53. The van der Waals surface area contributed by atoms with Gasteiger partial charge in [-0.2, -0.15) is 5.10 Å². The Balaban J connectivity index is 1.46. The Hall–Kier alpha value is -3.97. The maximum atomic E-state index is 6.17. The maximum Gasteiger partial charge on any atom is 0.165 e. The first kappa shape index (κ1) is 22.8. The van der Waals surface area contributed by atoms with Crippen molar-refractivity contribution in [3.63, 3.8) is 0 Å². The summed E-state index contributed by atoms with van der Waals surface area (Å²) in [6.45, 7) is 2.86. The number of aromatic nitrogens is 2. The number of H-pyrrole nitrogens is 1. The van der Waals surface area contributed by atoms with Gasteiger partial charge in [0.2, 0.25) is 0 Å². The summed E-state index contributed by atoms with van der Waals surface area (Å²) in [6.07, 6.45) is 1.91. The van der Waals surface area contributed by atoms with E-state index in [-0.39, 0.29) is 0 Å². The van der Waals surface area contributed by atoms with E-state index in [0.717, 1.165) is 64.6 Å². The second-order valence-electron chi connectivity index (χ2n) is 8.43. The Kier molecular flexibility index (Phi) is 6.59. The molecule has 0 unspecified atom stereocenters. The number of aromatic amines is 1. The predicted molar refractivity (Wildman–Crippen MR) is 135 cm³/mol. The smallest absolute Gasteiger partial charge is 0.165 e. The second-order valence-corrected chi connectivity index (χ2v) is 8.43. The van der Waals surface area contributed by atoms with Gasteiger partial charge in [-0.15, -0.1) is 0 Å². The Labute approximate surface area is 205 Å². The summed E-state index contributed by atoms with van der Waals surface area (Å²) in [7, 11) is 4.96. The van der Waals surface area contributed by atoms with Crippen molar-refractivity contribution in [3.05, 3.63) is 78.0 Å². The summed E-state index contributed by atoms with van der Waals surface area (Å²) in [5.41, 5.74) is 6.46. The summed E-state index contributed by atoms with van der Waals surface area (Å²) < 4.78 is 22.8. The summed E-state index contributed by atoms with van der Waals surface area (Å²) >= 11 is 0. The van der Waals surface area contributed by atoms with Gasteiger partial charge in [-0.3, -0.25) is 10.00 Å². The molecule has 35 heavy (non-hydrogen) atoms. The monoisotopic (exact) mass is 471 g/mol. The van der Waals surface area contributed by atoms with Crippen LogP contribution in [0.1, 0.15) is 11.1 Å². The molecule has 180 valence electrons. The average Bonchev–Trinajstić information content (AvgIpc) is 3.27. The van der Waals surface area contributed by atoms with Crippen LogP contribution >= 0.6 is 0 Å². The summed E-state index contributed by atoms with van der Waals surface area (Å²) in [5, 5.41) is 7.48. The Morgan fingerprint density at radius 2 is 1.63 bits per heavy atom. The first-order chi connectivity index (χ1) is 17.2. The Morgan fingerprint density at radius 1 is 0.857 bits per heavy atom. The number of hydrogen-bond donors (Lipinski definition) is 1. The zero-order chi connectivity index (χ0) is 24.2. The van der Waals surface area contributed by atoms with Gasteiger partial charge in [0, 0.05) is 30.8 Å². The highest BCUT2D eigenvalue weighted by atomic mass is 16.5. The zero-order valence-electron chi connectivity index (χ0n) is 20.2. The lowest BCUT2D eigenvalue weighted by Crippen LogP contribution is -2.25. The molecule has 0 bridgehead atoms. The van der Waals surface area contributed by atoms with E-state index in [1.54, 1.807) is 21.3 Å². The maximum absolute atomic E-state index is 6.17. The fraction of sp³-hybridized carbons (Fsp3) is 0.250. The SMILES string of the molecule is COc1ccc(-c2cc3c(c(OC)c2)OCCN(Cc2cn[nH]c2-c2ccccc2)C3)cc1OC. The minimum Gasteiger partial charge on any atom is -0.493 e. The molecule has 1 aliphatic heterocycles. The van der Waals surface area contributed by atoms with E-state index in [1.165, 1.54) is 0 Å². The minimum atomic E-state index is 0.581. The third-order valence-corrected chi connectivity index (χ3v) is 6.29. The molecule has 0 amide bonds. The standard InChI is InChI=1S/C28H29N3O4/c1-32-24-10-9-20(14-25(24)33-2)21-13-22-17-31(11-12-35-28(22)26(15-21)34-3)18-23-16-29-30-27(23)19-7-5-4-6-8-19/h4-10,13-16H,11-12,17-18H2,1-3H3,(H,29,30). The van der Waals surface area contributed by atoms with Crippen LogP contribution in [-0.2, 0) is 13.1 Å². The molecule has 0 saturated heterocycles. The molecule has 0 radical (unpaired) electrons. The van der Waals surface area contributed by atoms with Crippen LogP contribution in [0.3, 0.4) is 0 Å². The van der Waals surface area contributed by atoms with E-state index in [4.69, 9.17) is 18.9 Å². The number of nitrogens with zero attached hydrogens (tertiary/aromatic N) is 2. The van der Waals surface area contributed by atoms with Crippen molar-refractivity contribution >= 4 is 0 Å². The summed E-state index contributed by atoms with van der Waals surface area (Å²) in [5.74, 6) is 2.91. The predicted octanol–water partition coefficient (Wildman–Crippen LogP) is 5.16. The molecule has 5 rings (SSSR count). The van der Waals surface area contributed by atoms with Crippen LogP contribution < -0.4 is 18.9 Å². The van der Waals surface area contributed by atoms with E-state index in [9.17, 15) is 0 Å². The molecule has 7 nitrogen and oxygen atoms in total. The number of benzene rings is 3. The van der Waals surface area contributed by atoms with E-state index in [2.05, 4.69) is 33.3 Å². The third kappa shape index (κ3) is 4.68. The number of methoxy groups -OCH3 is 3. The van der Waals surface area contributed by atoms with Crippen LogP contribution in [0.2, 0.25) is 0 Å². The molecular formula is C28H29N3O4. The molecule has 0 aliphatic carbocycles. The van der Waals surface area contributed by atoms with Gasteiger partial charge < -0.3 is 18.9 Å². The van der Waals surface area contributed by atoms with Gasteiger partial charge in [-0.05, 0) is 41.0 Å². The molecule has 0 atom stereocenters. The van der Waals surface area contributed by atoms with Crippen LogP contribution in [0, 0.1) is 0 Å². The highest BCUT2D eigenvalue weighted by Gasteiger charge is 2.22. The van der Waals surface area contributed by atoms with Crippen molar-refractivity contribution in [1.29, 1.82) is 0 Å². The largest absolute Gasteiger partial charge is 0.493 e. The first-order valence-electron chi connectivity index (χ1n) is 11.6. The Bertz CT molecular complexity index is 1300. The lowest BCUT2D eigenvalue weighted by atomic mass is 10.0. The quantitative estimate of drug-likeness (QED) is 0.401. The molecule has 1 aliphatic rings. The fourth-order valence-corrected chi connectivity index (χ4v) is 4.53. The molecular weight excluding hydrogens is 442 g/mol. The van der Waals surface area contributed by atoms with Gasteiger partial charge in [0.25, 0.3) is 0 Å². The molecule has 2 heterocycles. The molecule has 1 N–H and O–H groups in total. The average molecular weight is 472 g/mol. The topological polar surface area (TPSA) is 68.8 Å². The van der Waals surface area contributed by atoms with Crippen LogP contribution in [-0.4, -0.2) is 49.6 Å². The van der Waals surface area contributed by atoms with Crippen LogP contribution in [0.25, 0.3) is 22.4 Å². The van der Waals surface area contributed by atoms with Gasteiger partial charge in [0.1, 0.15) is 6.61 Å². The van der Waals surface area contributed by atoms with Gasteiger partial charge in [0.15, 0.2) is 23.0 Å². The Morgan fingerprint density at radius 3 is 2.40 bits per heavy atom. The lowest BCUT2D eigenvalue weighted by Gasteiger charge is -2.20. The summed E-state index contributed by atoms with van der Waals surface area (Å²) in [4.78, 5) is 2.38. The van der Waals surface area contributed by atoms with Crippen molar-refractivity contribution in [2.75, 3.05) is 34.5 Å². The zero-order valence-corrected chi connectivity index (χ0v) is 20.2.